The molecule has 2 N–H and O–H groups in total. The molecule has 258 valence electrons. The van der Waals surface area contributed by atoms with Crippen molar-refractivity contribution in [2.75, 3.05) is 0 Å². The molecule has 9 nitrogen and oxygen atoms in total. The summed E-state index contributed by atoms with van der Waals surface area (Å²) in [5, 5.41) is 5.81. The Morgan fingerprint density at radius 3 is 1.89 bits per heavy atom. The molecular weight excluding hydrogens is 594 g/mol. The number of rotatable bonds is 12. The fourth-order valence-electron chi connectivity index (χ4n) is 5.78. The van der Waals surface area contributed by atoms with E-state index in [9.17, 15) is 19.2 Å². The largest absolute Gasteiger partial charge is 0.458 e. The molecule has 2 aromatic rings. The molecule has 2 aromatic carbocycles. The van der Waals surface area contributed by atoms with Gasteiger partial charge in [0.15, 0.2) is 0 Å². The molecule has 1 saturated carbocycles. The highest BCUT2D eigenvalue weighted by Gasteiger charge is 2.43. The van der Waals surface area contributed by atoms with Crippen molar-refractivity contribution in [2.45, 2.75) is 137 Å². The molecule has 0 bridgehead atoms. The predicted molar refractivity (Wildman–Crippen MR) is 184 cm³/mol. The highest BCUT2D eigenvalue weighted by atomic mass is 16.6. The number of amides is 3. The van der Waals surface area contributed by atoms with E-state index in [-0.39, 0.29) is 24.3 Å². The van der Waals surface area contributed by atoms with Gasteiger partial charge in [-0.3, -0.25) is 9.59 Å². The summed E-state index contributed by atoms with van der Waals surface area (Å²) in [4.78, 5) is 57.5. The summed E-state index contributed by atoms with van der Waals surface area (Å²) in [6.45, 7) is 18.5. The van der Waals surface area contributed by atoms with E-state index in [0.29, 0.717) is 12.0 Å². The number of benzene rings is 2. The maximum atomic E-state index is 14.7. The number of carbonyl (C=O) groups excluding carboxylic acids is 4. The Labute approximate surface area is 281 Å². The van der Waals surface area contributed by atoms with E-state index in [0.717, 1.165) is 36.0 Å². The second kappa shape index (κ2) is 15.8. The van der Waals surface area contributed by atoms with E-state index in [1.54, 1.807) is 46.4 Å². The Hall–Kier alpha value is -3.88. The lowest BCUT2D eigenvalue weighted by atomic mass is 9.87. The van der Waals surface area contributed by atoms with Gasteiger partial charge in [0, 0.05) is 12.5 Å². The average Bonchev–Trinajstić information content (AvgIpc) is 2.88. The molecule has 3 rings (SSSR count). The standard InChI is InChI=1S/C38H55N3O6/c1-24(2)19-30(40-36(45)47-38(8,9)10)34(43)41(29-17-14-18-29)32(28-21-25(3)20-26(4)22-28)33(42)39-31(35(44)46-37(5,6)7)23-27-15-12-11-13-16-27/h11-13,15-16,20-22,24,29-32H,14,17-19,23H2,1-10H3,(H,39,42)(H,40,45). The number of carbonyl (C=O) groups is 4. The third-order valence-electron chi connectivity index (χ3n) is 7.80. The van der Waals surface area contributed by atoms with Crippen molar-refractivity contribution in [1.29, 1.82) is 0 Å². The van der Waals surface area contributed by atoms with Crippen LogP contribution in [0.25, 0.3) is 0 Å². The zero-order chi connectivity index (χ0) is 35.1. The summed E-state index contributed by atoms with van der Waals surface area (Å²) in [6, 6.07) is 12.1. The van der Waals surface area contributed by atoms with Gasteiger partial charge in [0.25, 0.3) is 0 Å². The number of alkyl carbamates (subject to hydrolysis) is 1. The van der Waals surface area contributed by atoms with Crippen LogP contribution in [0.2, 0.25) is 0 Å². The quantitative estimate of drug-likeness (QED) is 0.247. The first-order valence-electron chi connectivity index (χ1n) is 16.8. The SMILES string of the molecule is Cc1cc(C)cc(C(C(=O)NC(Cc2ccccc2)C(=O)OC(C)(C)C)N(C(=O)C(CC(C)C)NC(=O)OC(C)(C)C)C2CCC2)c1. The van der Waals surface area contributed by atoms with Crippen LogP contribution >= 0.6 is 0 Å². The van der Waals surface area contributed by atoms with Gasteiger partial charge >= 0.3 is 12.1 Å². The van der Waals surface area contributed by atoms with Gasteiger partial charge in [-0.25, -0.2) is 9.59 Å². The lowest BCUT2D eigenvalue weighted by Gasteiger charge is -2.44. The van der Waals surface area contributed by atoms with Crippen LogP contribution in [0, 0.1) is 19.8 Å². The Morgan fingerprint density at radius 2 is 1.40 bits per heavy atom. The van der Waals surface area contributed by atoms with Gasteiger partial charge in [-0.15, -0.1) is 0 Å². The molecule has 3 atom stereocenters. The monoisotopic (exact) mass is 649 g/mol. The number of aryl methyl sites for hydroxylation is 2. The van der Waals surface area contributed by atoms with Gasteiger partial charge in [-0.2, -0.15) is 0 Å². The van der Waals surface area contributed by atoms with Crippen LogP contribution < -0.4 is 10.6 Å². The molecule has 0 saturated heterocycles. The fraction of sp³-hybridized carbons (Fsp3) is 0.579. The molecule has 1 aliphatic rings. The second-order valence-corrected chi connectivity index (χ2v) is 15.3. The number of ether oxygens (including phenoxy) is 2. The molecule has 0 spiro atoms. The molecule has 3 unspecified atom stereocenters. The average molecular weight is 650 g/mol. The normalized spacial score (nSPS) is 15.6. The molecule has 0 radical (unpaired) electrons. The minimum atomic E-state index is -1.05. The van der Waals surface area contributed by atoms with Crippen molar-refractivity contribution in [3.63, 3.8) is 0 Å². The summed E-state index contributed by atoms with van der Waals surface area (Å²) in [5.41, 5.74) is 1.87. The van der Waals surface area contributed by atoms with Crippen molar-refractivity contribution in [3.8, 4) is 0 Å². The molecule has 0 aliphatic heterocycles. The van der Waals surface area contributed by atoms with Crippen molar-refractivity contribution >= 4 is 23.9 Å². The van der Waals surface area contributed by atoms with E-state index < -0.39 is 47.3 Å². The Bertz CT molecular complexity index is 1370. The van der Waals surface area contributed by atoms with Gasteiger partial charge in [0.2, 0.25) is 11.8 Å². The molecule has 9 heteroatoms. The first-order valence-corrected chi connectivity index (χ1v) is 16.8. The van der Waals surface area contributed by atoms with Crippen molar-refractivity contribution < 1.29 is 28.7 Å². The van der Waals surface area contributed by atoms with Crippen molar-refractivity contribution in [1.82, 2.24) is 15.5 Å². The highest BCUT2D eigenvalue weighted by Crippen LogP contribution is 2.35. The van der Waals surface area contributed by atoms with Gasteiger partial charge in [0.05, 0.1) is 0 Å². The molecule has 0 heterocycles. The van der Waals surface area contributed by atoms with E-state index >= 15 is 0 Å². The van der Waals surface area contributed by atoms with Gasteiger partial charge in [-0.1, -0.05) is 73.5 Å². The van der Waals surface area contributed by atoms with Gasteiger partial charge in [-0.05, 0) is 98.1 Å². The number of nitrogens with one attached hydrogen (secondary N) is 2. The van der Waals surface area contributed by atoms with Crippen molar-refractivity contribution in [2.24, 2.45) is 5.92 Å². The van der Waals surface area contributed by atoms with Crippen LogP contribution in [0.15, 0.2) is 48.5 Å². The van der Waals surface area contributed by atoms with Gasteiger partial charge < -0.3 is 25.0 Å². The van der Waals surface area contributed by atoms with E-state index in [1.165, 1.54) is 0 Å². The van der Waals surface area contributed by atoms with Crippen LogP contribution in [0.5, 0.6) is 0 Å². The number of esters is 1. The molecule has 1 aliphatic carbocycles. The fourth-order valence-corrected chi connectivity index (χ4v) is 5.78. The molecular formula is C38H55N3O6. The lowest BCUT2D eigenvalue weighted by Crippen LogP contribution is -2.59. The van der Waals surface area contributed by atoms with E-state index in [1.807, 2.05) is 76.2 Å². The minimum Gasteiger partial charge on any atom is -0.458 e. The third kappa shape index (κ3) is 11.7. The number of nitrogens with zero attached hydrogens (tertiary/aromatic N) is 1. The van der Waals surface area contributed by atoms with Crippen LogP contribution in [0.4, 0.5) is 4.79 Å². The minimum absolute atomic E-state index is 0.0676. The third-order valence-corrected chi connectivity index (χ3v) is 7.80. The van der Waals surface area contributed by atoms with Gasteiger partial charge in [0.1, 0.15) is 29.3 Å². The number of hydrogen-bond acceptors (Lipinski definition) is 6. The second-order valence-electron chi connectivity index (χ2n) is 15.3. The first-order chi connectivity index (χ1) is 21.8. The van der Waals surface area contributed by atoms with E-state index in [2.05, 4.69) is 10.6 Å². The maximum absolute atomic E-state index is 14.7. The Balaban J connectivity index is 2.10. The molecule has 3 amide bonds. The summed E-state index contributed by atoms with van der Waals surface area (Å²) in [6.07, 6.45) is 2.25. The first kappa shape index (κ1) is 37.6. The summed E-state index contributed by atoms with van der Waals surface area (Å²) >= 11 is 0. The highest BCUT2D eigenvalue weighted by molar-refractivity contribution is 5.94. The van der Waals surface area contributed by atoms with Crippen LogP contribution in [-0.2, 0) is 30.3 Å². The molecule has 0 aromatic heterocycles. The lowest BCUT2D eigenvalue weighted by molar-refractivity contribution is -0.159. The summed E-state index contributed by atoms with van der Waals surface area (Å²) < 4.78 is 11.3. The smallest absolute Gasteiger partial charge is 0.408 e. The summed E-state index contributed by atoms with van der Waals surface area (Å²) in [5.74, 6) is -1.33. The topological polar surface area (TPSA) is 114 Å². The van der Waals surface area contributed by atoms with Crippen LogP contribution in [0.3, 0.4) is 0 Å². The van der Waals surface area contributed by atoms with Crippen molar-refractivity contribution in [3.05, 3.63) is 70.8 Å². The predicted octanol–water partition coefficient (Wildman–Crippen LogP) is 6.73. The van der Waals surface area contributed by atoms with Crippen LogP contribution in [-0.4, -0.2) is 58.1 Å². The molecule has 1 fully saturated rings. The zero-order valence-corrected chi connectivity index (χ0v) is 29.9. The molecule has 47 heavy (non-hydrogen) atoms. The van der Waals surface area contributed by atoms with Crippen LogP contribution in [0.1, 0.15) is 109 Å². The zero-order valence-electron chi connectivity index (χ0n) is 29.9. The Kier molecular flexibility index (Phi) is 12.6. The van der Waals surface area contributed by atoms with E-state index in [4.69, 9.17) is 9.47 Å². The maximum Gasteiger partial charge on any atom is 0.408 e. The number of hydrogen-bond donors (Lipinski definition) is 2. The summed E-state index contributed by atoms with van der Waals surface area (Å²) in [7, 11) is 0. The Morgan fingerprint density at radius 1 is 0.830 bits per heavy atom.